The lowest BCUT2D eigenvalue weighted by Crippen LogP contribution is -2.02. The summed E-state index contributed by atoms with van der Waals surface area (Å²) < 4.78 is 0. The Morgan fingerprint density at radius 1 is 1.50 bits per heavy atom. The molecule has 10 heavy (non-hydrogen) atoms. The van der Waals surface area contributed by atoms with Crippen molar-refractivity contribution in [2.24, 2.45) is 5.92 Å². The van der Waals surface area contributed by atoms with Crippen molar-refractivity contribution in [2.75, 3.05) is 6.61 Å². The molecule has 0 radical (unpaired) electrons. The lowest BCUT2D eigenvalue weighted by molar-refractivity contribution is -0.108. The summed E-state index contributed by atoms with van der Waals surface area (Å²) in [4.78, 5) is 10.0. The molecule has 0 fully saturated rings. The summed E-state index contributed by atoms with van der Waals surface area (Å²) in [6, 6.07) is 0. The average Bonchev–Trinajstić information content (AvgIpc) is 1.90. The van der Waals surface area contributed by atoms with Gasteiger partial charge in [0.05, 0.1) is 0 Å². The van der Waals surface area contributed by atoms with Crippen molar-refractivity contribution in [3.05, 3.63) is 12.7 Å². The van der Waals surface area contributed by atoms with Crippen LogP contribution in [-0.2, 0) is 4.79 Å². The van der Waals surface area contributed by atoms with Crippen LogP contribution < -0.4 is 0 Å². The van der Waals surface area contributed by atoms with Crippen molar-refractivity contribution < 1.29 is 9.90 Å². The molecule has 0 spiro atoms. The lowest BCUT2D eigenvalue weighted by atomic mass is 9.99. The second kappa shape index (κ2) is 6.49. The molecule has 0 saturated carbocycles. The summed E-state index contributed by atoms with van der Waals surface area (Å²) in [5.41, 5.74) is 0. The predicted octanol–water partition coefficient (Wildman–Crippen LogP) is 1.15. The van der Waals surface area contributed by atoms with Crippen LogP contribution in [0.15, 0.2) is 12.7 Å². The number of allylic oxidation sites excluding steroid dienone is 1. The quantitative estimate of drug-likeness (QED) is 0.446. The van der Waals surface area contributed by atoms with E-state index in [0.717, 1.165) is 12.7 Å². The Morgan fingerprint density at radius 3 is 2.60 bits per heavy atom. The minimum absolute atomic E-state index is 0.159. The van der Waals surface area contributed by atoms with Gasteiger partial charge in [0, 0.05) is 13.0 Å². The number of rotatable bonds is 6. The zero-order chi connectivity index (χ0) is 7.82. The van der Waals surface area contributed by atoms with Gasteiger partial charge in [-0.2, -0.15) is 0 Å². The average molecular weight is 142 g/mol. The van der Waals surface area contributed by atoms with Gasteiger partial charge in [0.2, 0.25) is 0 Å². The van der Waals surface area contributed by atoms with Crippen LogP contribution in [-0.4, -0.2) is 18.0 Å². The van der Waals surface area contributed by atoms with E-state index in [9.17, 15) is 4.79 Å². The summed E-state index contributed by atoms with van der Waals surface area (Å²) in [5.74, 6) is 0.292. The first kappa shape index (κ1) is 9.37. The second-order valence-corrected chi connectivity index (χ2v) is 2.31. The van der Waals surface area contributed by atoms with Crippen LogP contribution in [0, 0.1) is 5.92 Å². The standard InChI is InChI=1S/C8H14O2/c1-2-3-8(4-6-9)5-7-10/h2,6,8,10H,1,3-5,7H2. The summed E-state index contributed by atoms with van der Waals surface area (Å²) >= 11 is 0. The fourth-order valence-corrected chi connectivity index (χ4v) is 0.886. The highest BCUT2D eigenvalue weighted by molar-refractivity contribution is 5.49. The zero-order valence-corrected chi connectivity index (χ0v) is 6.12. The Hall–Kier alpha value is -0.630. The summed E-state index contributed by atoms with van der Waals surface area (Å²) in [6.07, 6.45) is 4.73. The van der Waals surface area contributed by atoms with Crippen molar-refractivity contribution in [3.63, 3.8) is 0 Å². The molecule has 2 nitrogen and oxygen atoms in total. The Bertz CT molecular complexity index is 89.4. The van der Waals surface area contributed by atoms with Crippen molar-refractivity contribution >= 4 is 6.29 Å². The van der Waals surface area contributed by atoms with E-state index in [1.165, 1.54) is 0 Å². The molecule has 0 aliphatic carbocycles. The maximum Gasteiger partial charge on any atom is 0.120 e. The highest BCUT2D eigenvalue weighted by Crippen LogP contribution is 2.11. The van der Waals surface area contributed by atoms with E-state index >= 15 is 0 Å². The number of hydrogen-bond donors (Lipinski definition) is 1. The molecular weight excluding hydrogens is 128 g/mol. The smallest absolute Gasteiger partial charge is 0.120 e. The SMILES string of the molecule is C=CCC(CC=O)CCO. The third kappa shape index (κ3) is 4.27. The first-order valence-corrected chi connectivity index (χ1v) is 3.50. The molecule has 1 atom stereocenters. The Kier molecular flexibility index (Phi) is 6.08. The summed E-state index contributed by atoms with van der Waals surface area (Å²) in [5, 5.41) is 8.54. The number of carbonyl (C=O) groups is 1. The maximum atomic E-state index is 10.0. The molecule has 1 N–H and O–H groups in total. The van der Waals surface area contributed by atoms with Crippen LogP contribution in [0.5, 0.6) is 0 Å². The van der Waals surface area contributed by atoms with E-state index in [2.05, 4.69) is 6.58 Å². The monoisotopic (exact) mass is 142 g/mol. The number of hydrogen-bond acceptors (Lipinski definition) is 2. The second-order valence-electron chi connectivity index (χ2n) is 2.31. The van der Waals surface area contributed by atoms with Gasteiger partial charge >= 0.3 is 0 Å². The molecule has 1 unspecified atom stereocenters. The number of carbonyl (C=O) groups excluding carboxylic acids is 1. The molecular formula is C8H14O2. The molecule has 0 aromatic heterocycles. The van der Waals surface area contributed by atoms with Crippen LogP contribution in [0.4, 0.5) is 0 Å². The Morgan fingerprint density at radius 2 is 2.20 bits per heavy atom. The van der Waals surface area contributed by atoms with Gasteiger partial charge in [0.15, 0.2) is 0 Å². The third-order valence-corrected chi connectivity index (χ3v) is 1.47. The first-order valence-electron chi connectivity index (χ1n) is 3.50. The van der Waals surface area contributed by atoms with Crippen LogP contribution in [0.3, 0.4) is 0 Å². The fraction of sp³-hybridized carbons (Fsp3) is 0.625. The van der Waals surface area contributed by atoms with Gasteiger partial charge in [0.1, 0.15) is 6.29 Å². The number of aliphatic hydroxyl groups is 1. The van der Waals surface area contributed by atoms with E-state index in [0.29, 0.717) is 18.8 Å². The van der Waals surface area contributed by atoms with Crippen LogP contribution in [0.1, 0.15) is 19.3 Å². The predicted molar refractivity (Wildman–Crippen MR) is 40.7 cm³/mol. The fourth-order valence-electron chi connectivity index (χ4n) is 0.886. The number of aldehydes is 1. The van der Waals surface area contributed by atoms with Crippen molar-refractivity contribution in [1.82, 2.24) is 0 Å². The van der Waals surface area contributed by atoms with Crippen LogP contribution >= 0.6 is 0 Å². The Labute approximate surface area is 61.6 Å². The van der Waals surface area contributed by atoms with Gasteiger partial charge in [-0.1, -0.05) is 6.08 Å². The topological polar surface area (TPSA) is 37.3 Å². The minimum Gasteiger partial charge on any atom is -0.396 e. The lowest BCUT2D eigenvalue weighted by Gasteiger charge is -2.07. The van der Waals surface area contributed by atoms with Crippen molar-refractivity contribution in [1.29, 1.82) is 0 Å². The first-order chi connectivity index (χ1) is 4.85. The van der Waals surface area contributed by atoms with Gasteiger partial charge in [-0.3, -0.25) is 0 Å². The molecule has 0 aromatic carbocycles. The van der Waals surface area contributed by atoms with E-state index < -0.39 is 0 Å². The largest absolute Gasteiger partial charge is 0.396 e. The molecule has 2 heteroatoms. The molecule has 0 bridgehead atoms. The molecule has 0 heterocycles. The molecule has 0 aliphatic heterocycles. The Balaban J connectivity index is 3.48. The molecule has 0 saturated heterocycles. The van der Waals surface area contributed by atoms with Crippen LogP contribution in [0.2, 0.25) is 0 Å². The highest BCUT2D eigenvalue weighted by Gasteiger charge is 2.03. The van der Waals surface area contributed by atoms with E-state index in [4.69, 9.17) is 5.11 Å². The van der Waals surface area contributed by atoms with E-state index in [-0.39, 0.29) is 6.61 Å². The van der Waals surface area contributed by atoms with E-state index in [1.807, 2.05) is 0 Å². The molecule has 0 rings (SSSR count). The van der Waals surface area contributed by atoms with Gasteiger partial charge in [-0.25, -0.2) is 0 Å². The zero-order valence-electron chi connectivity index (χ0n) is 6.12. The van der Waals surface area contributed by atoms with Crippen LogP contribution in [0.25, 0.3) is 0 Å². The van der Waals surface area contributed by atoms with Crippen molar-refractivity contribution in [3.8, 4) is 0 Å². The third-order valence-electron chi connectivity index (χ3n) is 1.47. The summed E-state index contributed by atoms with van der Waals surface area (Å²) in [6.45, 7) is 3.73. The molecule has 58 valence electrons. The van der Waals surface area contributed by atoms with E-state index in [1.54, 1.807) is 6.08 Å². The molecule has 0 amide bonds. The number of aliphatic hydroxyl groups excluding tert-OH is 1. The molecule has 0 aromatic rings. The van der Waals surface area contributed by atoms with Gasteiger partial charge < -0.3 is 9.90 Å². The normalized spacial score (nSPS) is 12.5. The minimum atomic E-state index is 0.159. The molecule has 0 aliphatic rings. The van der Waals surface area contributed by atoms with Gasteiger partial charge in [-0.05, 0) is 18.8 Å². The van der Waals surface area contributed by atoms with Gasteiger partial charge in [-0.15, -0.1) is 6.58 Å². The van der Waals surface area contributed by atoms with Crippen molar-refractivity contribution in [2.45, 2.75) is 19.3 Å². The highest BCUT2D eigenvalue weighted by atomic mass is 16.3. The van der Waals surface area contributed by atoms with Gasteiger partial charge in [0.25, 0.3) is 0 Å². The maximum absolute atomic E-state index is 10.0. The summed E-state index contributed by atoms with van der Waals surface area (Å²) in [7, 11) is 0.